The van der Waals surface area contributed by atoms with Crippen LogP contribution >= 0.6 is 0 Å². The molecule has 5 heteroatoms. The maximum Gasteiger partial charge on any atom is 0.224 e. The normalized spacial score (nSPS) is 23.6. The Morgan fingerprint density at radius 2 is 2.19 bits per heavy atom. The number of benzene rings is 1. The summed E-state index contributed by atoms with van der Waals surface area (Å²) in [5, 5.41) is 6.51. The first kappa shape index (κ1) is 14.4. The van der Waals surface area contributed by atoms with Crippen LogP contribution in [0.1, 0.15) is 37.7 Å². The van der Waals surface area contributed by atoms with E-state index in [-0.39, 0.29) is 29.5 Å². The molecular formula is C16H20F2N2O. The summed E-state index contributed by atoms with van der Waals surface area (Å²) < 4.78 is 26.7. The summed E-state index contributed by atoms with van der Waals surface area (Å²) in [6, 6.07) is 4.07. The number of halogens is 2. The van der Waals surface area contributed by atoms with Crippen LogP contribution in [0.5, 0.6) is 0 Å². The van der Waals surface area contributed by atoms with Crippen LogP contribution in [-0.2, 0) is 11.2 Å². The van der Waals surface area contributed by atoms with Crippen LogP contribution < -0.4 is 10.6 Å². The van der Waals surface area contributed by atoms with E-state index < -0.39 is 11.6 Å². The van der Waals surface area contributed by atoms with E-state index in [9.17, 15) is 13.6 Å². The van der Waals surface area contributed by atoms with Crippen LogP contribution in [0.15, 0.2) is 18.2 Å². The molecule has 2 N–H and O–H groups in total. The number of carbonyl (C=O) groups is 1. The second-order valence-corrected chi connectivity index (χ2v) is 6.21. The molecule has 0 aromatic heterocycles. The van der Waals surface area contributed by atoms with Crippen molar-refractivity contribution in [3.63, 3.8) is 0 Å². The standard InChI is InChI=1S/C16H20F2N2O/c17-13-4-1-3-11(15(13)18)9-14(21)20-12-5-8-19-16(10-12)6-2-7-16/h1,3-4,12,19H,2,5-10H2,(H,20,21). The first-order valence-corrected chi connectivity index (χ1v) is 7.55. The van der Waals surface area contributed by atoms with E-state index in [1.807, 2.05) is 0 Å². The van der Waals surface area contributed by atoms with Gasteiger partial charge in [-0.1, -0.05) is 12.1 Å². The largest absolute Gasteiger partial charge is 0.353 e. The summed E-state index contributed by atoms with van der Waals surface area (Å²) in [7, 11) is 0. The van der Waals surface area contributed by atoms with Crippen molar-refractivity contribution in [2.24, 2.45) is 0 Å². The van der Waals surface area contributed by atoms with Crippen LogP contribution in [0.2, 0.25) is 0 Å². The Hall–Kier alpha value is -1.49. The third-order valence-electron chi connectivity index (χ3n) is 4.69. The molecule has 1 atom stereocenters. The van der Waals surface area contributed by atoms with Crippen molar-refractivity contribution < 1.29 is 13.6 Å². The van der Waals surface area contributed by atoms with E-state index in [0.29, 0.717) is 0 Å². The van der Waals surface area contributed by atoms with Gasteiger partial charge in [-0.15, -0.1) is 0 Å². The number of carbonyl (C=O) groups excluding carboxylic acids is 1. The van der Waals surface area contributed by atoms with Crippen molar-refractivity contribution >= 4 is 5.91 Å². The van der Waals surface area contributed by atoms with Gasteiger partial charge in [-0.2, -0.15) is 0 Å². The van der Waals surface area contributed by atoms with Crippen molar-refractivity contribution in [1.29, 1.82) is 0 Å². The molecule has 1 amide bonds. The summed E-state index contributed by atoms with van der Waals surface area (Å²) in [5.74, 6) is -2.06. The zero-order chi connectivity index (χ0) is 14.9. The zero-order valence-electron chi connectivity index (χ0n) is 11.9. The van der Waals surface area contributed by atoms with Crippen molar-refractivity contribution in [2.45, 2.75) is 50.1 Å². The predicted molar refractivity (Wildman–Crippen MR) is 75.8 cm³/mol. The molecule has 1 aliphatic heterocycles. The highest BCUT2D eigenvalue weighted by molar-refractivity contribution is 5.79. The number of rotatable bonds is 3. The molecule has 21 heavy (non-hydrogen) atoms. The molecule has 1 spiro atoms. The predicted octanol–water partition coefficient (Wildman–Crippen LogP) is 2.30. The number of nitrogens with one attached hydrogen (secondary N) is 2. The minimum atomic E-state index is -0.923. The van der Waals surface area contributed by atoms with Gasteiger partial charge in [0.15, 0.2) is 11.6 Å². The van der Waals surface area contributed by atoms with E-state index in [0.717, 1.165) is 38.3 Å². The van der Waals surface area contributed by atoms with Crippen LogP contribution in [-0.4, -0.2) is 24.0 Å². The minimum Gasteiger partial charge on any atom is -0.353 e. The minimum absolute atomic E-state index is 0.111. The summed E-state index contributed by atoms with van der Waals surface area (Å²) in [6.45, 7) is 0.902. The van der Waals surface area contributed by atoms with Crippen LogP contribution in [0.3, 0.4) is 0 Å². The quantitative estimate of drug-likeness (QED) is 0.898. The molecule has 114 valence electrons. The van der Waals surface area contributed by atoms with Gasteiger partial charge in [-0.3, -0.25) is 4.79 Å². The molecule has 0 bridgehead atoms. The molecule has 1 aromatic carbocycles. The Kier molecular flexibility index (Phi) is 3.93. The Bertz CT molecular complexity index is 543. The highest BCUT2D eigenvalue weighted by Gasteiger charge is 2.41. The van der Waals surface area contributed by atoms with Gasteiger partial charge >= 0.3 is 0 Å². The molecule has 3 nitrogen and oxygen atoms in total. The fourth-order valence-electron chi connectivity index (χ4n) is 3.40. The SMILES string of the molecule is O=C(Cc1cccc(F)c1F)NC1CCNC2(CCC2)C1. The lowest BCUT2D eigenvalue weighted by atomic mass is 9.70. The van der Waals surface area contributed by atoms with Crippen LogP contribution in [0, 0.1) is 11.6 Å². The molecule has 1 aromatic rings. The first-order chi connectivity index (χ1) is 10.1. The van der Waals surface area contributed by atoms with E-state index in [1.165, 1.54) is 18.6 Å². The molecule has 2 fully saturated rings. The second-order valence-electron chi connectivity index (χ2n) is 6.21. The number of amides is 1. The van der Waals surface area contributed by atoms with Gasteiger partial charge in [0.1, 0.15) is 0 Å². The maximum atomic E-state index is 13.6. The number of hydrogen-bond donors (Lipinski definition) is 2. The third kappa shape index (κ3) is 3.07. The molecule has 1 saturated heterocycles. The molecule has 0 radical (unpaired) electrons. The van der Waals surface area contributed by atoms with E-state index >= 15 is 0 Å². The lowest BCUT2D eigenvalue weighted by Crippen LogP contribution is -2.59. The molecule has 1 unspecified atom stereocenters. The fraction of sp³-hybridized carbons (Fsp3) is 0.562. The average Bonchev–Trinajstić information content (AvgIpc) is 2.42. The second kappa shape index (κ2) is 5.72. The number of hydrogen-bond acceptors (Lipinski definition) is 2. The Balaban J connectivity index is 1.57. The van der Waals surface area contributed by atoms with E-state index in [1.54, 1.807) is 0 Å². The van der Waals surface area contributed by atoms with Crippen molar-refractivity contribution in [3.05, 3.63) is 35.4 Å². The molecular weight excluding hydrogens is 274 g/mol. The van der Waals surface area contributed by atoms with Gasteiger partial charge in [0.25, 0.3) is 0 Å². The molecule has 1 heterocycles. The van der Waals surface area contributed by atoms with Crippen molar-refractivity contribution in [3.8, 4) is 0 Å². The summed E-state index contributed by atoms with van der Waals surface area (Å²) in [6.07, 6.45) is 5.28. The fourth-order valence-corrected chi connectivity index (χ4v) is 3.40. The lowest BCUT2D eigenvalue weighted by Gasteiger charge is -2.48. The molecule has 2 aliphatic rings. The van der Waals surface area contributed by atoms with Crippen LogP contribution in [0.25, 0.3) is 0 Å². The summed E-state index contributed by atoms with van der Waals surface area (Å²) >= 11 is 0. The Morgan fingerprint density at radius 3 is 2.90 bits per heavy atom. The average molecular weight is 294 g/mol. The Morgan fingerprint density at radius 1 is 1.38 bits per heavy atom. The number of piperidine rings is 1. The lowest BCUT2D eigenvalue weighted by molar-refractivity contribution is -0.121. The third-order valence-corrected chi connectivity index (χ3v) is 4.69. The molecule has 3 rings (SSSR count). The van der Waals surface area contributed by atoms with E-state index in [4.69, 9.17) is 0 Å². The Labute approximate surface area is 123 Å². The highest BCUT2D eigenvalue weighted by atomic mass is 19.2. The monoisotopic (exact) mass is 294 g/mol. The van der Waals surface area contributed by atoms with Gasteiger partial charge in [-0.05, 0) is 44.7 Å². The smallest absolute Gasteiger partial charge is 0.224 e. The summed E-state index contributed by atoms with van der Waals surface area (Å²) in [5.41, 5.74) is 0.320. The first-order valence-electron chi connectivity index (χ1n) is 7.55. The van der Waals surface area contributed by atoms with Crippen LogP contribution in [0.4, 0.5) is 8.78 Å². The molecule has 1 aliphatic carbocycles. The van der Waals surface area contributed by atoms with Gasteiger partial charge in [0, 0.05) is 17.1 Å². The summed E-state index contributed by atoms with van der Waals surface area (Å²) in [4.78, 5) is 12.0. The van der Waals surface area contributed by atoms with Crippen molar-refractivity contribution in [2.75, 3.05) is 6.54 Å². The van der Waals surface area contributed by atoms with E-state index in [2.05, 4.69) is 10.6 Å². The topological polar surface area (TPSA) is 41.1 Å². The molecule has 1 saturated carbocycles. The van der Waals surface area contributed by atoms with Gasteiger partial charge < -0.3 is 10.6 Å². The zero-order valence-corrected chi connectivity index (χ0v) is 11.9. The van der Waals surface area contributed by atoms with Gasteiger partial charge in [-0.25, -0.2) is 8.78 Å². The maximum absolute atomic E-state index is 13.6. The van der Waals surface area contributed by atoms with Gasteiger partial charge in [0.05, 0.1) is 6.42 Å². The highest BCUT2D eigenvalue weighted by Crippen LogP contribution is 2.38. The van der Waals surface area contributed by atoms with Gasteiger partial charge in [0.2, 0.25) is 5.91 Å². The van der Waals surface area contributed by atoms with Crippen molar-refractivity contribution in [1.82, 2.24) is 10.6 Å².